The summed E-state index contributed by atoms with van der Waals surface area (Å²) in [4.78, 5) is 11.5. The molecule has 0 bridgehead atoms. The fourth-order valence-electron chi connectivity index (χ4n) is 3.24. The molecule has 140 valence electrons. The average Bonchev–Trinajstić information content (AvgIpc) is 2.62. The van der Waals surface area contributed by atoms with Crippen LogP contribution in [-0.2, 0) is 0 Å². The Hall–Kier alpha value is -2.30. The topological polar surface area (TPSA) is 53.1 Å². The van der Waals surface area contributed by atoms with Gasteiger partial charge in [-0.3, -0.25) is 0 Å². The number of nitrogens with one attached hydrogen (secondary N) is 2. The van der Waals surface area contributed by atoms with Gasteiger partial charge in [0.05, 0.1) is 0 Å². The number of rotatable bonds is 7. The highest BCUT2D eigenvalue weighted by Gasteiger charge is 2.10. The second-order valence-corrected chi connectivity index (χ2v) is 7.55. The van der Waals surface area contributed by atoms with E-state index in [2.05, 4.69) is 63.6 Å². The van der Waals surface area contributed by atoms with Crippen LogP contribution in [-0.4, -0.2) is 29.6 Å². The number of hydrogen-bond donors (Lipinski definition) is 2. The van der Waals surface area contributed by atoms with Crippen LogP contribution >= 0.6 is 0 Å². The second-order valence-electron chi connectivity index (χ2n) is 7.55. The van der Waals surface area contributed by atoms with Gasteiger partial charge in [-0.2, -0.15) is 4.98 Å². The molecule has 5 nitrogen and oxygen atoms in total. The van der Waals surface area contributed by atoms with Gasteiger partial charge < -0.3 is 15.5 Å². The van der Waals surface area contributed by atoms with Crippen molar-refractivity contribution in [2.24, 2.45) is 5.92 Å². The van der Waals surface area contributed by atoms with E-state index in [9.17, 15) is 0 Å². The van der Waals surface area contributed by atoms with Crippen LogP contribution in [0.3, 0.4) is 0 Å². The highest BCUT2D eigenvalue weighted by atomic mass is 15.1. The van der Waals surface area contributed by atoms with Crippen molar-refractivity contribution in [3.8, 4) is 0 Å². The van der Waals surface area contributed by atoms with Crippen LogP contribution in [0.4, 0.5) is 23.1 Å². The summed E-state index contributed by atoms with van der Waals surface area (Å²) >= 11 is 0. The minimum Gasteiger partial charge on any atom is -0.372 e. The summed E-state index contributed by atoms with van der Waals surface area (Å²) in [5.41, 5.74) is 3.32. The van der Waals surface area contributed by atoms with Gasteiger partial charge in [0.25, 0.3) is 0 Å². The minimum atomic E-state index is 0.670. The molecule has 1 saturated heterocycles. The van der Waals surface area contributed by atoms with Gasteiger partial charge in [-0.05, 0) is 62.8 Å². The minimum absolute atomic E-state index is 0.670. The van der Waals surface area contributed by atoms with Gasteiger partial charge in [0.1, 0.15) is 5.82 Å². The number of benzene rings is 1. The van der Waals surface area contributed by atoms with Gasteiger partial charge >= 0.3 is 0 Å². The fraction of sp³-hybridized carbons (Fsp3) is 0.524. The van der Waals surface area contributed by atoms with Gasteiger partial charge in [-0.1, -0.05) is 13.8 Å². The largest absolute Gasteiger partial charge is 0.372 e. The summed E-state index contributed by atoms with van der Waals surface area (Å²) < 4.78 is 0. The zero-order valence-electron chi connectivity index (χ0n) is 16.3. The highest BCUT2D eigenvalue weighted by Crippen LogP contribution is 2.23. The van der Waals surface area contributed by atoms with Crippen LogP contribution in [0.25, 0.3) is 0 Å². The predicted molar refractivity (Wildman–Crippen MR) is 111 cm³/mol. The number of piperidine rings is 1. The van der Waals surface area contributed by atoms with E-state index in [1.165, 1.54) is 38.0 Å². The highest BCUT2D eigenvalue weighted by molar-refractivity contribution is 5.61. The summed E-state index contributed by atoms with van der Waals surface area (Å²) in [6, 6.07) is 10.6. The Kier molecular flexibility index (Phi) is 6.31. The Morgan fingerprint density at radius 3 is 2.46 bits per heavy atom. The summed E-state index contributed by atoms with van der Waals surface area (Å²) in [5.74, 6) is 2.19. The molecule has 1 aromatic heterocycles. The lowest BCUT2D eigenvalue weighted by Crippen LogP contribution is -2.29. The summed E-state index contributed by atoms with van der Waals surface area (Å²) in [5, 5.41) is 6.73. The lowest BCUT2D eigenvalue weighted by Gasteiger charge is -2.28. The van der Waals surface area contributed by atoms with Crippen LogP contribution < -0.4 is 15.5 Å². The van der Waals surface area contributed by atoms with Crippen molar-refractivity contribution in [3.05, 3.63) is 36.0 Å². The molecule has 1 aromatic carbocycles. The zero-order chi connectivity index (χ0) is 18.4. The van der Waals surface area contributed by atoms with Crippen molar-refractivity contribution in [1.82, 2.24) is 9.97 Å². The molecule has 1 fully saturated rings. The van der Waals surface area contributed by atoms with Crippen molar-refractivity contribution < 1.29 is 0 Å². The summed E-state index contributed by atoms with van der Waals surface area (Å²) in [6.07, 6.45) is 5.06. The molecule has 2 heterocycles. The zero-order valence-corrected chi connectivity index (χ0v) is 16.3. The fourth-order valence-corrected chi connectivity index (χ4v) is 3.24. The van der Waals surface area contributed by atoms with Crippen LogP contribution in [0, 0.1) is 12.8 Å². The van der Waals surface area contributed by atoms with Crippen LogP contribution in [0.1, 0.15) is 45.2 Å². The average molecular weight is 354 g/mol. The van der Waals surface area contributed by atoms with Gasteiger partial charge in [-0.15, -0.1) is 0 Å². The Morgan fingerprint density at radius 1 is 1.04 bits per heavy atom. The molecule has 26 heavy (non-hydrogen) atoms. The van der Waals surface area contributed by atoms with E-state index in [-0.39, 0.29) is 0 Å². The third kappa shape index (κ3) is 5.35. The molecule has 0 atom stereocenters. The van der Waals surface area contributed by atoms with Crippen LogP contribution in [0.2, 0.25) is 0 Å². The molecule has 1 aliphatic rings. The van der Waals surface area contributed by atoms with Crippen molar-refractivity contribution in [3.63, 3.8) is 0 Å². The molecule has 0 aliphatic carbocycles. The van der Waals surface area contributed by atoms with E-state index in [1.54, 1.807) is 0 Å². The molecule has 0 amide bonds. The van der Waals surface area contributed by atoms with E-state index < -0.39 is 0 Å². The van der Waals surface area contributed by atoms with Gasteiger partial charge in [-0.25, -0.2) is 4.98 Å². The molecule has 3 rings (SSSR count). The first-order chi connectivity index (χ1) is 12.6. The molecular formula is C21H31N5. The van der Waals surface area contributed by atoms with E-state index in [0.29, 0.717) is 11.9 Å². The van der Waals surface area contributed by atoms with Gasteiger partial charge in [0, 0.05) is 42.8 Å². The number of aryl methyl sites for hydroxylation is 1. The first-order valence-electron chi connectivity index (χ1n) is 9.82. The predicted octanol–water partition coefficient (Wildman–Crippen LogP) is 4.98. The molecule has 2 aromatic rings. The van der Waals surface area contributed by atoms with E-state index in [1.807, 2.05) is 13.0 Å². The van der Waals surface area contributed by atoms with Crippen LogP contribution in [0.15, 0.2) is 30.3 Å². The van der Waals surface area contributed by atoms with Crippen molar-refractivity contribution >= 4 is 23.1 Å². The summed E-state index contributed by atoms with van der Waals surface area (Å²) in [7, 11) is 0. The first-order valence-corrected chi connectivity index (χ1v) is 9.82. The molecule has 0 radical (unpaired) electrons. The Bertz CT molecular complexity index is 690. The lowest BCUT2D eigenvalue weighted by atomic mass is 10.1. The third-order valence-corrected chi connectivity index (χ3v) is 4.72. The molecule has 1 aliphatic heterocycles. The SMILES string of the molecule is Cc1cc(Nc2ccc(N3CCCCC3)cc2)nc(NCCC(C)C)n1. The quantitative estimate of drug-likeness (QED) is 0.735. The molecule has 0 spiro atoms. The van der Waals surface area contributed by atoms with E-state index in [0.717, 1.165) is 30.2 Å². The normalized spacial score (nSPS) is 14.5. The molecular weight excluding hydrogens is 322 g/mol. The summed E-state index contributed by atoms with van der Waals surface area (Å²) in [6.45, 7) is 9.68. The number of anilines is 4. The molecule has 5 heteroatoms. The molecule has 0 unspecified atom stereocenters. The molecule has 2 N–H and O–H groups in total. The smallest absolute Gasteiger partial charge is 0.224 e. The van der Waals surface area contributed by atoms with E-state index >= 15 is 0 Å². The maximum atomic E-state index is 4.59. The Labute approximate surface area is 157 Å². The van der Waals surface area contributed by atoms with Gasteiger partial charge in [0.15, 0.2) is 0 Å². The van der Waals surface area contributed by atoms with Crippen molar-refractivity contribution in [2.75, 3.05) is 35.2 Å². The molecule has 0 saturated carbocycles. The van der Waals surface area contributed by atoms with Crippen LogP contribution in [0.5, 0.6) is 0 Å². The van der Waals surface area contributed by atoms with Gasteiger partial charge in [0.2, 0.25) is 5.95 Å². The van der Waals surface area contributed by atoms with Crippen molar-refractivity contribution in [2.45, 2.75) is 46.5 Å². The monoisotopic (exact) mass is 353 g/mol. The number of nitrogens with zero attached hydrogens (tertiary/aromatic N) is 3. The second kappa shape index (κ2) is 8.88. The Balaban J connectivity index is 1.63. The maximum Gasteiger partial charge on any atom is 0.224 e. The Morgan fingerprint density at radius 2 is 1.77 bits per heavy atom. The number of aromatic nitrogens is 2. The lowest BCUT2D eigenvalue weighted by molar-refractivity contribution is 0.578. The van der Waals surface area contributed by atoms with E-state index in [4.69, 9.17) is 0 Å². The number of hydrogen-bond acceptors (Lipinski definition) is 5. The standard InChI is InChI=1S/C21H31N5/c1-16(2)11-12-22-21-23-17(3)15-20(25-21)24-18-7-9-19(10-8-18)26-13-5-4-6-14-26/h7-10,15-16H,4-6,11-14H2,1-3H3,(H2,22,23,24,25). The maximum absolute atomic E-state index is 4.59. The third-order valence-electron chi connectivity index (χ3n) is 4.72. The van der Waals surface area contributed by atoms with Crippen molar-refractivity contribution in [1.29, 1.82) is 0 Å². The first kappa shape index (κ1) is 18.5.